The smallest absolute Gasteiger partial charge is 0.305 e. The summed E-state index contributed by atoms with van der Waals surface area (Å²) in [5, 5.41) is 9.04. The number of carbonyl (C=O) groups is 1. The fourth-order valence-electron chi connectivity index (χ4n) is 0.536. The molecular formula is C7H13BrO4. The zero-order valence-corrected chi connectivity index (χ0v) is 8.38. The van der Waals surface area contributed by atoms with Crippen molar-refractivity contribution in [3.8, 4) is 0 Å². The molecule has 0 atom stereocenters. The van der Waals surface area contributed by atoms with E-state index in [9.17, 15) is 4.79 Å². The van der Waals surface area contributed by atoms with Crippen LogP contribution in [0, 0.1) is 0 Å². The summed E-state index contributed by atoms with van der Waals surface area (Å²) < 4.78 is 10.0. The third-order valence-electron chi connectivity index (χ3n) is 1.05. The molecule has 0 aromatic heterocycles. The van der Waals surface area contributed by atoms with Gasteiger partial charge in [0, 0.05) is 5.33 Å². The van der Waals surface area contributed by atoms with Gasteiger partial charge in [-0.2, -0.15) is 0 Å². The summed E-state index contributed by atoms with van der Waals surface area (Å²) in [5.41, 5.74) is 0. The molecule has 0 radical (unpaired) electrons. The molecule has 0 aromatic carbocycles. The highest BCUT2D eigenvalue weighted by molar-refractivity contribution is 9.09. The Labute approximate surface area is 80.0 Å². The maximum atomic E-state index is 10.0. The monoisotopic (exact) mass is 240 g/mol. The summed E-state index contributed by atoms with van der Waals surface area (Å²) >= 11 is 3.21. The van der Waals surface area contributed by atoms with Crippen molar-refractivity contribution in [2.45, 2.75) is 6.42 Å². The van der Waals surface area contributed by atoms with Gasteiger partial charge in [0.2, 0.25) is 0 Å². The van der Waals surface area contributed by atoms with Gasteiger partial charge >= 0.3 is 5.97 Å². The molecule has 0 rings (SSSR count). The predicted octanol–water partition coefficient (Wildman–Crippen LogP) is 0.889. The highest BCUT2D eigenvalue weighted by Crippen LogP contribution is 1.85. The van der Waals surface area contributed by atoms with Crippen LogP contribution in [0.4, 0.5) is 0 Å². The maximum absolute atomic E-state index is 10.0. The highest BCUT2D eigenvalue weighted by Gasteiger charge is 1.95. The SMILES string of the molecule is O=C(O)CCOCCOCCBr. The van der Waals surface area contributed by atoms with Crippen LogP contribution in [0.1, 0.15) is 6.42 Å². The first-order chi connectivity index (χ1) is 5.77. The number of hydrogen-bond acceptors (Lipinski definition) is 3. The van der Waals surface area contributed by atoms with E-state index in [-0.39, 0.29) is 13.0 Å². The van der Waals surface area contributed by atoms with Crippen LogP contribution in [0.15, 0.2) is 0 Å². The number of rotatable bonds is 8. The van der Waals surface area contributed by atoms with E-state index >= 15 is 0 Å². The van der Waals surface area contributed by atoms with Crippen LogP contribution < -0.4 is 0 Å². The van der Waals surface area contributed by atoms with Crippen molar-refractivity contribution >= 4 is 21.9 Å². The summed E-state index contributed by atoms with van der Waals surface area (Å²) in [6.07, 6.45) is 0.0540. The molecule has 0 aliphatic heterocycles. The number of carboxylic acids is 1. The molecule has 0 amide bonds. The minimum Gasteiger partial charge on any atom is -0.481 e. The van der Waals surface area contributed by atoms with E-state index in [2.05, 4.69) is 15.9 Å². The molecule has 0 saturated carbocycles. The van der Waals surface area contributed by atoms with Crippen LogP contribution >= 0.6 is 15.9 Å². The number of halogens is 1. The van der Waals surface area contributed by atoms with Gasteiger partial charge in [0.25, 0.3) is 0 Å². The summed E-state index contributed by atoms with van der Waals surface area (Å²) in [5.74, 6) is -0.837. The Morgan fingerprint density at radius 1 is 1.17 bits per heavy atom. The standard InChI is InChI=1S/C7H13BrO4/c8-2-4-12-6-5-11-3-1-7(9)10/h1-6H2,(H,9,10). The normalized spacial score (nSPS) is 10.1. The Morgan fingerprint density at radius 3 is 2.25 bits per heavy atom. The average Bonchev–Trinajstić information content (AvgIpc) is 2.02. The molecule has 0 fully saturated rings. The number of ether oxygens (including phenoxy) is 2. The summed E-state index contributed by atoms with van der Waals surface area (Å²) in [7, 11) is 0. The van der Waals surface area contributed by atoms with Gasteiger partial charge in [-0.05, 0) is 0 Å². The van der Waals surface area contributed by atoms with E-state index in [1.54, 1.807) is 0 Å². The summed E-state index contributed by atoms with van der Waals surface area (Å²) in [6.45, 7) is 1.89. The molecule has 12 heavy (non-hydrogen) atoms. The molecule has 72 valence electrons. The van der Waals surface area contributed by atoms with Crippen molar-refractivity contribution in [1.29, 1.82) is 0 Å². The van der Waals surface area contributed by atoms with Crippen LogP contribution in [0.5, 0.6) is 0 Å². The zero-order chi connectivity index (χ0) is 9.23. The van der Waals surface area contributed by atoms with Crippen LogP contribution in [0.25, 0.3) is 0 Å². The van der Waals surface area contributed by atoms with E-state index in [0.717, 1.165) is 5.33 Å². The van der Waals surface area contributed by atoms with Gasteiger partial charge in [-0.15, -0.1) is 0 Å². The Balaban J connectivity index is 2.86. The van der Waals surface area contributed by atoms with Crippen molar-refractivity contribution in [3.63, 3.8) is 0 Å². The molecule has 0 aliphatic carbocycles. The fourth-order valence-corrected chi connectivity index (χ4v) is 0.765. The molecule has 0 heterocycles. The minimum atomic E-state index is -0.837. The lowest BCUT2D eigenvalue weighted by Crippen LogP contribution is -2.08. The van der Waals surface area contributed by atoms with E-state index in [4.69, 9.17) is 14.6 Å². The molecular weight excluding hydrogens is 228 g/mol. The van der Waals surface area contributed by atoms with Gasteiger partial charge in [-0.3, -0.25) is 4.79 Å². The number of hydrogen-bond donors (Lipinski definition) is 1. The molecule has 0 saturated heterocycles. The number of alkyl halides is 1. The van der Waals surface area contributed by atoms with Gasteiger partial charge in [0.15, 0.2) is 0 Å². The van der Waals surface area contributed by atoms with Crippen molar-refractivity contribution in [2.75, 3.05) is 31.8 Å². The predicted molar refractivity (Wildman–Crippen MR) is 47.7 cm³/mol. The Hall–Kier alpha value is -0.130. The Kier molecular flexibility index (Phi) is 8.86. The first kappa shape index (κ1) is 11.9. The zero-order valence-electron chi connectivity index (χ0n) is 6.79. The van der Waals surface area contributed by atoms with Crippen LogP contribution in [-0.2, 0) is 14.3 Å². The summed E-state index contributed by atoms with van der Waals surface area (Å²) in [4.78, 5) is 10.0. The highest BCUT2D eigenvalue weighted by atomic mass is 79.9. The van der Waals surface area contributed by atoms with Crippen LogP contribution in [0.3, 0.4) is 0 Å². The molecule has 1 N–H and O–H groups in total. The van der Waals surface area contributed by atoms with E-state index in [0.29, 0.717) is 19.8 Å². The van der Waals surface area contributed by atoms with E-state index in [1.165, 1.54) is 0 Å². The van der Waals surface area contributed by atoms with Gasteiger partial charge < -0.3 is 14.6 Å². The molecule has 0 spiro atoms. The Morgan fingerprint density at radius 2 is 1.75 bits per heavy atom. The third-order valence-corrected chi connectivity index (χ3v) is 1.38. The summed E-state index contributed by atoms with van der Waals surface area (Å²) in [6, 6.07) is 0. The number of aliphatic carboxylic acids is 1. The average molecular weight is 241 g/mol. The van der Waals surface area contributed by atoms with Crippen molar-refractivity contribution in [3.05, 3.63) is 0 Å². The molecule has 0 bridgehead atoms. The van der Waals surface area contributed by atoms with Crippen LogP contribution in [-0.4, -0.2) is 42.8 Å². The van der Waals surface area contributed by atoms with Gasteiger partial charge in [0.1, 0.15) is 0 Å². The molecule has 4 nitrogen and oxygen atoms in total. The van der Waals surface area contributed by atoms with Crippen molar-refractivity contribution < 1.29 is 19.4 Å². The third kappa shape index (κ3) is 9.87. The first-order valence-electron chi connectivity index (χ1n) is 3.70. The van der Waals surface area contributed by atoms with Gasteiger partial charge in [-0.1, -0.05) is 15.9 Å². The first-order valence-corrected chi connectivity index (χ1v) is 4.82. The molecule has 0 unspecified atom stereocenters. The molecule has 5 heteroatoms. The maximum Gasteiger partial charge on any atom is 0.305 e. The van der Waals surface area contributed by atoms with Crippen LogP contribution in [0.2, 0.25) is 0 Å². The lowest BCUT2D eigenvalue weighted by molar-refractivity contribution is -0.138. The minimum absolute atomic E-state index is 0.0540. The van der Waals surface area contributed by atoms with Gasteiger partial charge in [0.05, 0.1) is 32.8 Å². The Bertz CT molecular complexity index is 118. The molecule has 0 aromatic rings. The lowest BCUT2D eigenvalue weighted by atomic mass is 10.5. The fraction of sp³-hybridized carbons (Fsp3) is 0.857. The van der Waals surface area contributed by atoms with Gasteiger partial charge in [-0.25, -0.2) is 0 Å². The molecule has 0 aliphatic rings. The van der Waals surface area contributed by atoms with Crippen molar-refractivity contribution in [2.24, 2.45) is 0 Å². The van der Waals surface area contributed by atoms with E-state index < -0.39 is 5.97 Å². The lowest BCUT2D eigenvalue weighted by Gasteiger charge is -2.02. The second-order valence-corrected chi connectivity index (χ2v) is 2.85. The van der Waals surface area contributed by atoms with Crippen molar-refractivity contribution in [1.82, 2.24) is 0 Å². The second-order valence-electron chi connectivity index (χ2n) is 2.06. The van der Waals surface area contributed by atoms with E-state index in [1.807, 2.05) is 0 Å². The topological polar surface area (TPSA) is 55.8 Å². The largest absolute Gasteiger partial charge is 0.481 e. The quantitative estimate of drug-likeness (QED) is 0.506. The second kappa shape index (κ2) is 8.96. The number of carboxylic acid groups (broad SMARTS) is 1.